The van der Waals surface area contributed by atoms with Gasteiger partial charge in [0.2, 0.25) is 0 Å². The summed E-state index contributed by atoms with van der Waals surface area (Å²) in [5.41, 5.74) is 7.75. The molecule has 2 heterocycles. The first-order valence-electron chi connectivity index (χ1n) is 2.91. The number of hydrogen-bond acceptors (Lipinski definition) is 3. The van der Waals surface area contributed by atoms with Crippen molar-refractivity contribution in [1.29, 1.82) is 0 Å². The summed E-state index contributed by atoms with van der Waals surface area (Å²) < 4.78 is 0. The third-order valence-corrected chi connectivity index (χ3v) is 1.36. The molecule has 0 spiro atoms. The second kappa shape index (κ2) is 2.55. The van der Waals surface area contributed by atoms with E-state index in [2.05, 4.69) is 15.0 Å². The topological polar surface area (TPSA) is 98.1 Å². The van der Waals surface area contributed by atoms with Crippen molar-refractivity contribution in [3.8, 4) is 0 Å². The molecule has 11 heavy (non-hydrogen) atoms. The molecule has 0 fully saturated rings. The molecule has 0 atom stereocenters. The first-order valence-corrected chi connectivity index (χ1v) is 2.91. The Labute approximate surface area is 63.2 Å². The van der Waals surface area contributed by atoms with Gasteiger partial charge in [-0.05, 0) is 6.07 Å². The maximum Gasteiger partial charge on any atom is 0.179 e. The van der Waals surface area contributed by atoms with E-state index in [1.54, 1.807) is 18.6 Å². The van der Waals surface area contributed by atoms with E-state index in [1.165, 1.54) is 0 Å². The highest BCUT2D eigenvalue weighted by molar-refractivity contribution is 5.82. The molecule has 5 heteroatoms. The van der Waals surface area contributed by atoms with E-state index in [4.69, 9.17) is 5.73 Å². The van der Waals surface area contributed by atoms with Crippen molar-refractivity contribution in [3.05, 3.63) is 18.6 Å². The molecule has 0 bridgehead atoms. The number of pyridine rings is 1. The minimum Gasteiger partial charge on any atom is -0.397 e. The quantitative estimate of drug-likeness (QED) is 0.552. The summed E-state index contributed by atoms with van der Waals surface area (Å²) in [5, 5.41) is 0. The number of rotatable bonds is 0. The van der Waals surface area contributed by atoms with Gasteiger partial charge >= 0.3 is 0 Å². The Morgan fingerprint density at radius 2 is 2.18 bits per heavy atom. The Morgan fingerprint density at radius 1 is 1.36 bits per heavy atom. The highest BCUT2D eigenvalue weighted by atomic mass is 15.0. The molecule has 0 aromatic carbocycles. The predicted octanol–water partition coefficient (Wildman–Crippen LogP) is 0.0595. The van der Waals surface area contributed by atoms with Crippen LogP contribution in [-0.4, -0.2) is 15.0 Å². The standard InChI is InChI=1S/C6H6N4.N/c7-4-1-2-8-6-5(4)9-3-10-6;/h1-3H,(H3,7,8,9,10);. The number of nitrogen functional groups attached to an aromatic ring is 1. The summed E-state index contributed by atoms with van der Waals surface area (Å²) in [6.45, 7) is 0. The molecule has 2 aromatic heterocycles. The van der Waals surface area contributed by atoms with Gasteiger partial charge in [0, 0.05) is 12.3 Å². The predicted molar refractivity (Wildman–Crippen MR) is 40.4 cm³/mol. The average molecular weight is 148 g/mol. The van der Waals surface area contributed by atoms with Crippen LogP contribution in [0.15, 0.2) is 18.6 Å². The van der Waals surface area contributed by atoms with Gasteiger partial charge in [0.05, 0.1) is 12.0 Å². The number of imidazole rings is 1. The molecule has 2 aromatic rings. The van der Waals surface area contributed by atoms with Crippen LogP contribution in [0.25, 0.3) is 11.2 Å². The number of nitrogens with two attached hydrogens (primary N) is 1. The summed E-state index contributed by atoms with van der Waals surface area (Å²) in [6, 6.07) is 1.74. The van der Waals surface area contributed by atoms with Gasteiger partial charge < -0.3 is 10.7 Å². The van der Waals surface area contributed by atoms with Crippen molar-refractivity contribution < 1.29 is 0 Å². The second-order valence-electron chi connectivity index (χ2n) is 2.00. The van der Waals surface area contributed by atoms with Crippen LogP contribution in [-0.2, 0) is 0 Å². The normalized spacial score (nSPS) is 9.45. The fourth-order valence-electron chi connectivity index (χ4n) is 0.869. The molecular formula is C6H6N5. The summed E-state index contributed by atoms with van der Waals surface area (Å²) in [5.74, 6) is 0. The van der Waals surface area contributed by atoms with Crippen LogP contribution < -0.4 is 11.9 Å². The maximum atomic E-state index is 5.59. The van der Waals surface area contributed by atoms with Gasteiger partial charge in [0.15, 0.2) is 5.65 Å². The number of aromatic nitrogens is 3. The zero-order valence-electron chi connectivity index (χ0n) is 5.65. The average Bonchev–Trinajstić information content (AvgIpc) is 2.36. The van der Waals surface area contributed by atoms with Gasteiger partial charge in [0.1, 0.15) is 5.52 Å². The highest BCUT2D eigenvalue weighted by Crippen LogP contribution is 2.12. The molecule has 0 aliphatic carbocycles. The van der Waals surface area contributed by atoms with Gasteiger partial charge in [-0.1, -0.05) is 0 Å². The smallest absolute Gasteiger partial charge is 0.179 e. The number of H-pyrrole nitrogens is 1. The Morgan fingerprint density at radius 3 is 2.91 bits per heavy atom. The molecule has 0 aliphatic heterocycles. The molecular weight excluding hydrogens is 142 g/mol. The SMILES string of the molecule is Nc1ccnc2nc[nH]c12.[N]. The molecule has 0 unspecified atom stereocenters. The van der Waals surface area contributed by atoms with Crippen LogP contribution in [0.4, 0.5) is 5.69 Å². The van der Waals surface area contributed by atoms with E-state index in [0.717, 1.165) is 5.52 Å². The van der Waals surface area contributed by atoms with Crippen LogP contribution in [0.5, 0.6) is 0 Å². The Hall–Kier alpha value is -1.62. The molecule has 0 amide bonds. The van der Waals surface area contributed by atoms with Crippen molar-refractivity contribution in [2.75, 3.05) is 5.73 Å². The number of aromatic amines is 1. The first kappa shape index (κ1) is 7.49. The summed E-state index contributed by atoms with van der Waals surface area (Å²) in [7, 11) is 0. The lowest BCUT2D eigenvalue weighted by atomic mass is 10.4. The van der Waals surface area contributed by atoms with Crippen molar-refractivity contribution in [1.82, 2.24) is 21.1 Å². The minimum absolute atomic E-state index is 0. The van der Waals surface area contributed by atoms with Crippen molar-refractivity contribution >= 4 is 16.9 Å². The van der Waals surface area contributed by atoms with E-state index in [9.17, 15) is 0 Å². The van der Waals surface area contributed by atoms with Crippen LogP contribution in [0.1, 0.15) is 0 Å². The number of fused-ring (bicyclic) bond motifs is 1. The Kier molecular flexibility index (Phi) is 1.74. The monoisotopic (exact) mass is 148 g/mol. The zero-order chi connectivity index (χ0) is 6.97. The van der Waals surface area contributed by atoms with Crippen LogP contribution >= 0.6 is 0 Å². The van der Waals surface area contributed by atoms with Crippen LogP contribution in [0.2, 0.25) is 0 Å². The lowest BCUT2D eigenvalue weighted by molar-refractivity contribution is 1.30. The van der Waals surface area contributed by atoms with Gasteiger partial charge in [-0.3, -0.25) is 0 Å². The minimum atomic E-state index is 0. The van der Waals surface area contributed by atoms with E-state index in [1.807, 2.05) is 0 Å². The van der Waals surface area contributed by atoms with Crippen molar-refractivity contribution in [2.45, 2.75) is 0 Å². The van der Waals surface area contributed by atoms with Crippen molar-refractivity contribution in [3.63, 3.8) is 0 Å². The molecule has 0 saturated carbocycles. The van der Waals surface area contributed by atoms with Crippen LogP contribution in [0.3, 0.4) is 0 Å². The Balaban J connectivity index is 0.000000605. The lowest BCUT2D eigenvalue weighted by Gasteiger charge is -1.90. The molecule has 0 aliphatic rings. The third-order valence-electron chi connectivity index (χ3n) is 1.36. The molecule has 55 valence electrons. The number of nitrogens with one attached hydrogen (secondary N) is 1. The molecule has 2 rings (SSSR count). The van der Waals surface area contributed by atoms with E-state index in [-0.39, 0.29) is 6.15 Å². The van der Waals surface area contributed by atoms with E-state index >= 15 is 0 Å². The lowest BCUT2D eigenvalue weighted by Crippen LogP contribution is -1.86. The maximum absolute atomic E-state index is 5.59. The van der Waals surface area contributed by atoms with E-state index in [0.29, 0.717) is 11.3 Å². The molecule has 3 N–H and O–H groups in total. The largest absolute Gasteiger partial charge is 0.397 e. The molecule has 5 nitrogen and oxygen atoms in total. The van der Waals surface area contributed by atoms with Gasteiger partial charge in [-0.25, -0.2) is 9.97 Å². The first-order chi connectivity index (χ1) is 4.88. The highest BCUT2D eigenvalue weighted by Gasteiger charge is 1.97. The van der Waals surface area contributed by atoms with Crippen molar-refractivity contribution in [2.24, 2.45) is 0 Å². The zero-order valence-corrected chi connectivity index (χ0v) is 5.65. The number of anilines is 1. The van der Waals surface area contributed by atoms with Gasteiger partial charge in [-0.15, -0.1) is 0 Å². The van der Waals surface area contributed by atoms with Gasteiger partial charge in [0.25, 0.3) is 0 Å². The summed E-state index contributed by atoms with van der Waals surface area (Å²) >= 11 is 0. The third kappa shape index (κ3) is 1.01. The number of nitrogens with zero attached hydrogens (tertiary/aromatic N) is 3. The summed E-state index contributed by atoms with van der Waals surface area (Å²) in [4.78, 5) is 10.8. The second-order valence-corrected chi connectivity index (χ2v) is 2.00. The molecule has 3 radical (unpaired) electrons. The fourth-order valence-corrected chi connectivity index (χ4v) is 0.869. The van der Waals surface area contributed by atoms with Gasteiger partial charge in [-0.2, -0.15) is 0 Å². The Bertz CT molecular complexity index is 353. The number of hydrogen-bond donors (Lipinski definition) is 2. The van der Waals surface area contributed by atoms with E-state index < -0.39 is 0 Å². The summed E-state index contributed by atoms with van der Waals surface area (Å²) in [6.07, 6.45) is 3.21. The van der Waals surface area contributed by atoms with Crippen LogP contribution in [0, 0.1) is 0 Å². The fraction of sp³-hybridized carbons (Fsp3) is 0. The molecule has 0 saturated heterocycles.